The van der Waals surface area contributed by atoms with Gasteiger partial charge in [-0.05, 0) is 61.5 Å². The predicted molar refractivity (Wildman–Crippen MR) is 103 cm³/mol. The first-order chi connectivity index (χ1) is 14.0. The largest absolute Gasteiger partial charge is 0.317 e. The van der Waals surface area contributed by atoms with Gasteiger partial charge < -0.3 is 5.32 Å². The van der Waals surface area contributed by atoms with Crippen molar-refractivity contribution in [3.8, 4) is 0 Å². The van der Waals surface area contributed by atoms with Crippen LogP contribution in [0.5, 0.6) is 0 Å². The van der Waals surface area contributed by atoms with E-state index < -0.39 is 23.8 Å². The molecule has 4 aliphatic heterocycles. The second-order valence-electron chi connectivity index (χ2n) is 8.48. The fourth-order valence-electron chi connectivity index (χ4n) is 5.00. The van der Waals surface area contributed by atoms with Crippen molar-refractivity contribution in [2.45, 2.75) is 44.8 Å². The lowest BCUT2D eigenvalue weighted by Crippen LogP contribution is -2.54. The third kappa shape index (κ3) is 3.16. The Bertz CT molecular complexity index is 877. The molecule has 0 aliphatic carbocycles. The molecule has 1 aromatic rings. The molecular formula is C21H24N4O4. The Labute approximate surface area is 168 Å². The molecule has 0 spiro atoms. The smallest absolute Gasteiger partial charge is 0.262 e. The molecule has 4 heterocycles. The van der Waals surface area contributed by atoms with Gasteiger partial charge in [0.25, 0.3) is 11.8 Å². The topological polar surface area (TPSA) is 98.8 Å². The van der Waals surface area contributed by atoms with E-state index in [4.69, 9.17) is 0 Å². The number of carbonyl (C=O) groups excluding carboxylic acids is 4. The Balaban J connectivity index is 1.34. The molecule has 0 aromatic heterocycles. The van der Waals surface area contributed by atoms with Crippen molar-refractivity contribution in [1.82, 2.24) is 20.4 Å². The molecule has 0 saturated carbocycles. The number of fused-ring (bicyclic) bond motifs is 2. The first-order valence-electron chi connectivity index (χ1n) is 10.3. The minimum absolute atomic E-state index is 0.131. The van der Waals surface area contributed by atoms with Crippen LogP contribution in [-0.4, -0.2) is 59.1 Å². The molecule has 4 aliphatic rings. The summed E-state index contributed by atoms with van der Waals surface area (Å²) in [4.78, 5) is 52.9. The van der Waals surface area contributed by atoms with E-state index in [1.54, 1.807) is 0 Å². The van der Waals surface area contributed by atoms with E-state index in [-0.39, 0.29) is 18.7 Å². The Morgan fingerprint density at radius 2 is 1.52 bits per heavy atom. The third-order valence-electron chi connectivity index (χ3n) is 6.52. The quantitative estimate of drug-likeness (QED) is 0.718. The van der Waals surface area contributed by atoms with Crippen molar-refractivity contribution in [3.05, 3.63) is 34.4 Å². The minimum Gasteiger partial charge on any atom is -0.317 e. The summed E-state index contributed by atoms with van der Waals surface area (Å²) in [6, 6.07) is 2.75. The van der Waals surface area contributed by atoms with Crippen LogP contribution >= 0.6 is 0 Å². The van der Waals surface area contributed by atoms with Crippen LogP contribution in [0.1, 0.15) is 57.5 Å². The van der Waals surface area contributed by atoms with Gasteiger partial charge in [0.15, 0.2) is 0 Å². The number of hydrogen-bond acceptors (Lipinski definition) is 6. The van der Waals surface area contributed by atoms with Gasteiger partial charge in [-0.1, -0.05) is 0 Å². The van der Waals surface area contributed by atoms with Gasteiger partial charge in [0, 0.05) is 26.1 Å². The highest BCUT2D eigenvalue weighted by Gasteiger charge is 2.45. The zero-order chi connectivity index (χ0) is 20.1. The molecule has 0 bridgehead atoms. The summed E-state index contributed by atoms with van der Waals surface area (Å²) in [5.41, 5.74) is 2.93. The maximum absolute atomic E-state index is 13.0. The normalized spacial score (nSPS) is 25.4. The van der Waals surface area contributed by atoms with Gasteiger partial charge in [0.1, 0.15) is 6.04 Å². The first kappa shape index (κ1) is 18.4. The molecule has 8 heteroatoms. The molecule has 1 unspecified atom stereocenters. The van der Waals surface area contributed by atoms with Crippen LogP contribution in [0.2, 0.25) is 0 Å². The molecule has 4 amide bonds. The highest BCUT2D eigenvalue weighted by Crippen LogP contribution is 2.33. The monoisotopic (exact) mass is 396 g/mol. The van der Waals surface area contributed by atoms with Crippen LogP contribution in [0.3, 0.4) is 0 Å². The maximum atomic E-state index is 13.0. The minimum atomic E-state index is -0.911. The molecule has 5 rings (SSSR count). The Kier molecular flexibility index (Phi) is 4.48. The number of benzene rings is 1. The van der Waals surface area contributed by atoms with Gasteiger partial charge in [-0.2, -0.15) is 0 Å². The SMILES string of the molecule is O=C1CCC(N2C(=O)c3cc4c(cc3C2=O)CN(CC2CCNCC2)C4)C(=O)N1. The molecule has 2 N–H and O–H groups in total. The second kappa shape index (κ2) is 7.03. The number of piperidine rings is 2. The van der Waals surface area contributed by atoms with E-state index in [0.29, 0.717) is 17.0 Å². The van der Waals surface area contributed by atoms with Gasteiger partial charge in [-0.3, -0.25) is 34.3 Å². The zero-order valence-electron chi connectivity index (χ0n) is 16.2. The number of nitrogens with one attached hydrogen (secondary N) is 2. The number of hydrogen-bond donors (Lipinski definition) is 2. The maximum Gasteiger partial charge on any atom is 0.262 e. The number of amides is 4. The molecule has 1 aromatic carbocycles. The lowest BCUT2D eigenvalue weighted by Gasteiger charge is -2.27. The van der Waals surface area contributed by atoms with E-state index in [1.807, 2.05) is 12.1 Å². The van der Waals surface area contributed by atoms with Crippen LogP contribution in [0.25, 0.3) is 0 Å². The average molecular weight is 396 g/mol. The number of imide groups is 2. The van der Waals surface area contributed by atoms with Gasteiger partial charge in [-0.25, -0.2) is 0 Å². The van der Waals surface area contributed by atoms with E-state index in [2.05, 4.69) is 15.5 Å². The summed E-state index contributed by atoms with van der Waals surface area (Å²) in [6.07, 6.45) is 2.67. The van der Waals surface area contributed by atoms with Crippen LogP contribution in [0.15, 0.2) is 12.1 Å². The van der Waals surface area contributed by atoms with Gasteiger partial charge >= 0.3 is 0 Å². The standard InChI is InChI=1S/C21H24N4O4/c26-18-2-1-17(19(27)23-18)25-20(28)15-7-13-10-24(9-12-3-5-22-6-4-12)11-14(13)8-16(15)21(25)29/h7-8,12,17,22H,1-6,9-11H2,(H,23,26,27). The van der Waals surface area contributed by atoms with E-state index >= 15 is 0 Å². The van der Waals surface area contributed by atoms with Gasteiger partial charge in [0.05, 0.1) is 11.1 Å². The highest BCUT2D eigenvalue weighted by atomic mass is 16.2. The molecular weight excluding hydrogens is 372 g/mol. The Morgan fingerprint density at radius 3 is 2.10 bits per heavy atom. The summed E-state index contributed by atoms with van der Waals surface area (Å²) in [6.45, 7) is 4.74. The van der Waals surface area contributed by atoms with Crippen molar-refractivity contribution >= 4 is 23.6 Å². The first-order valence-corrected chi connectivity index (χ1v) is 10.3. The fraction of sp³-hybridized carbons (Fsp3) is 0.524. The Morgan fingerprint density at radius 1 is 0.897 bits per heavy atom. The van der Waals surface area contributed by atoms with Crippen molar-refractivity contribution in [3.63, 3.8) is 0 Å². The van der Waals surface area contributed by atoms with E-state index in [9.17, 15) is 19.2 Å². The summed E-state index contributed by atoms with van der Waals surface area (Å²) in [5.74, 6) is -1.12. The number of rotatable bonds is 3. The number of nitrogens with zero attached hydrogens (tertiary/aromatic N) is 2. The van der Waals surface area contributed by atoms with Crippen LogP contribution in [-0.2, 0) is 22.7 Å². The van der Waals surface area contributed by atoms with E-state index in [0.717, 1.165) is 48.8 Å². The van der Waals surface area contributed by atoms with Crippen molar-refractivity contribution < 1.29 is 19.2 Å². The van der Waals surface area contributed by atoms with Gasteiger partial charge in [0.2, 0.25) is 11.8 Å². The average Bonchev–Trinajstić information content (AvgIpc) is 3.20. The molecule has 8 nitrogen and oxygen atoms in total. The third-order valence-corrected chi connectivity index (χ3v) is 6.52. The zero-order valence-corrected chi connectivity index (χ0v) is 16.2. The molecule has 152 valence electrons. The van der Waals surface area contributed by atoms with Crippen molar-refractivity contribution in [1.29, 1.82) is 0 Å². The van der Waals surface area contributed by atoms with Gasteiger partial charge in [-0.15, -0.1) is 0 Å². The lowest BCUT2D eigenvalue weighted by atomic mass is 9.98. The summed E-state index contributed by atoms with van der Waals surface area (Å²) >= 11 is 0. The molecule has 2 saturated heterocycles. The van der Waals surface area contributed by atoms with Crippen molar-refractivity contribution in [2.75, 3.05) is 19.6 Å². The summed E-state index contributed by atoms with van der Waals surface area (Å²) in [5, 5.41) is 5.62. The Hall–Kier alpha value is -2.58. The molecule has 1 atom stereocenters. The molecule has 2 fully saturated rings. The van der Waals surface area contributed by atoms with Crippen molar-refractivity contribution in [2.24, 2.45) is 5.92 Å². The van der Waals surface area contributed by atoms with Crippen LogP contribution in [0, 0.1) is 5.92 Å². The second-order valence-corrected chi connectivity index (χ2v) is 8.48. The highest BCUT2D eigenvalue weighted by molar-refractivity contribution is 6.23. The number of carbonyl (C=O) groups is 4. The predicted octanol–water partition coefficient (Wildman–Crippen LogP) is 0.403. The van der Waals surface area contributed by atoms with Crippen LogP contribution < -0.4 is 10.6 Å². The summed E-state index contributed by atoms with van der Waals surface area (Å²) in [7, 11) is 0. The van der Waals surface area contributed by atoms with Crippen LogP contribution in [0.4, 0.5) is 0 Å². The van der Waals surface area contributed by atoms with E-state index in [1.165, 1.54) is 12.8 Å². The molecule has 0 radical (unpaired) electrons. The molecule has 29 heavy (non-hydrogen) atoms. The fourth-order valence-corrected chi connectivity index (χ4v) is 5.00. The summed E-state index contributed by atoms with van der Waals surface area (Å²) < 4.78 is 0. The lowest BCUT2D eigenvalue weighted by molar-refractivity contribution is -0.136.